The summed E-state index contributed by atoms with van der Waals surface area (Å²) in [6.07, 6.45) is 1.25. The first-order valence-electron chi connectivity index (χ1n) is 7.01. The van der Waals surface area contributed by atoms with Crippen LogP contribution in [0.5, 0.6) is 0 Å². The Balaban J connectivity index is 1.81. The summed E-state index contributed by atoms with van der Waals surface area (Å²) in [4.78, 5) is 24.6. The van der Waals surface area contributed by atoms with Crippen LogP contribution in [-0.2, 0) is 14.3 Å². The zero-order valence-electron chi connectivity index (χ0n) is 11.6. The predicted molar refractivity (Wildman–Crippen MR) is 72.5 cm³/mol. The third kappa shape index (κ3) is 2.41. The standard InChI is InChI=1S/C16H18O4/c1-11-2-4-12(5-3-11)15(18)13-10-16(7-6-14(13)17)19-8-9-20-16/h2-5,13H,6-10H2,1H3. The maximum atomic E-state index is 12.5. The molecule has 1 aromatic carbocycles. The van der Waals surface area contributed by atoms with Crippen molar-refractivity contribution in [2.24, 2.45) is 5.92 Å². The molecule has 4 nitrogen and oxygen atoms in total. The van der Waals surface area contributed by atoms with Crippen LogP contribution < -0.4 is 0 Å². The number of rotatable bonds is 2. The molecule has 0 amide bonds. The van der Waals surface area contributed by atoms with Crippen molar-refractivity contribution >= 4 is 11.6 Å². The van der Waals surface area contributed by atoms with E-state index in [-0.39, 0.29) is 11.6 Å². The van der Waals surface area contributed by atoms with Gasteiger partial charge in [-0.3, -0.25) is 9.59 Å². The van der Waals surface area contributed by atoms with Crippen LogP contribution in [0.4, 0.5) is 0 Å². The molecule has 1 spiro atoms. The zero-order valence-corrected chi connectivity index (χ0v) is 11.6. The molecular formula is C16H18O4. The highest BCUT2D eigenvalue weighted by Gasteiger charge is 2.47. The van der Waals surface area contributed by atoms with Crippen LogP contribution in [0.15, 0.2) is 24.3 Å². The highest BCUT2D eigenvalue weighted by molar-refractivity contribution is 6.11. The fourth-order valence-corrected chi connectivity index (χ4v) is 2.93. The lowest BCUT2D eigenvalue weighted by Gasteiger charge is -2.34. The fourth-order valence-electron chi connectivity index (χ4n) is 2.93. The minimum atomic E-state index is -0.709. The van der Waals surface area contributed by atoms with Gasteiger partial charge in [0.2, 0.25) is 0 Å². The van der Waals surface area contributed by atoms with E-state index in [1.54, 1.807) is 12.1 Å². The zero-order chi connectivity index (χ0) is 14.2. The molecule has 2 aliphatic rings. The smallest absolute Gasteiger partial charge is 0.173 e. The first-order valence-corrected chi connectivity index (χ1v) is 7.01. The van der Waals surface area contributed by atoms with E-state index in [0.29, 0.717) is 38.0 Å². The maximum absolute atomic E-state index is 12.5. The average molecular weight is 274 g/mol. The molecule has 0 N–H and O–H groups in total. The van der Waals surface area contributed by atoms with Crippen LogP contribution in [0.2, 0.25) is 0 Å². The monoisotopic (exact) mass is 274 g/mol. The fraction of sp³-hybridized carbons (Fsp3) is 0.500. The van der Waals surface area contributed by atoms with Crippen LogP contribution >= 0.6 is 0 Å². The Morgan fingerprint density at radius 1 is 1.20 bits per heavy atom. The van der Waals surface area contributed by atoms with E-state index in [4.69, 9.17) is 9.47 Å². The van der Waals surface area contributed by atoms with Crippen molar-refractivity contribution in [3.8, 4) is 0 Å². The summed E-state index contributed by atoms with van der Waals surface area (Å²) < 4.78 is 11.3. The number of carbonyl (C=O) groups excluding carboxylic acids is 2. The molecule has 0 aromatic heterocycles. The van der Waals surface area contributed by atoms with Gasteiger partial charge in [-0.25, -0.2) is 0 Å². The molecule has 2 fully saturated rings. The lowest BCUT2D eigenvalue weighted by molar-refractivity contribution is -0.185. The third-order valence-corrected chi connectivity index (χ3v) is 4.12. The van der Waals surface area contributed by atoms with Crippen molar-refractivity contribution in [2.45, 2.75) is 32.0 Å². The van der Waals surface area contributed by atoms with Gasteiger partial charge in [-0.1, -0.05) is 29.8 Å². The van der Waals surface area contributed by atoms with E-state index in [2.05, 4.69) is 0 Å². The number of Topliss-reactive ketones (excluding diaryl/α,β-unsaturated/α-hetero) is 2. The van der Waals surface area contributed by atoms with Gasteiger partial charge >= 0.3 is 0 Å². The van der Waals surface area contributed by atoms with Gasteiger partial charge in [0, 0.05) is 24.8 Å². The Labute approximate surface area is 118 Å². The molecule has 106 valence electrons. The van der Waals surface area contributed by atoms with Crippen LogP contribution in [0.25, 0.3) is 0 Å². The molecule has 1 atom stereocenters. The molecule has 4 heteroatoms. The van der Waals surface area contributed by atoms with Crippen molar-refractivity contribution in [2.75, 3.05) is 13.2 Å². The second-order valence-corrected chi connectivity index (χ2v) is 5.56. The van der Waals surface area contributed by atoms with Gasteiger partial charge in [0.1, 0.15) is 5.78 Å². The molecule has 1 saturated heterocycles. The van der Waals surface area contributed by atoms with Crippen LogP contribution in [-0.4, -0.2) is 30.6 Å². The van der Waals surface area contributed by atoms with Gasteiger partial charge in [-0.05, 0) is 6.92 Å². The normalized spacial score (nSPS) is 25.1. The Kier molecular flexibility index (Phi) is 3.44. The van der Waals surface area contributed by atoms with Crippen molar-refractivity contribution < 1.29 is 19.1 Å². The first-order chi connectivity index (χ1) is 9.60. The molecule has 3 rings (SSSR count). The molecule has 1 aliphatic heterocycles. The summed E-state index contributed by atoms with van der Waals surface area (Å²) in [7, 11) is 0. The number of ether oxygens (including phenoxy) is 2. The Morgan fingerprint density at radius 2 is 1.85 bits per heavy atom. The quantitative estimate of drug-likeness (QED) is 0.613. The van der Waals surface area contributed by atoms with Gasteiger partial charge in [0.25, 0.3) is 0 Å². The van der Waals surface area contributed by atoms with Crippen molar-refractivity contribution in [1.29, 1.82) is 0 Å². The molecular weight excluding hydrogens is 256 g/mol. The predicted octanol–water partition coefficient (Wildman–Crippen LogP) is 2.29. The lowest BCUT2D eigenvalue weighted by Crippen LogP contribution is -2.43. The summed E-state index contributed by atoms with van der Waals surface area (Å²) in [6, 6.07) is 7.34. The minimum absolute atomic E-state index is 0.000278. The molecule has 0 bridgehead atoms. The van der Waals surface area contributed by atoms with Crippen molar-refractivity contribution in [3.63, 3.8) is 0 Å². The van der Waals surface area contributed by atoms with Gasteiger partial charge in [0.15, 0.2) is 11.6 Å². The van der Waals surface area contributed by atoms with Gasteiger partial charge in [-0.15, -0.1) is 0 Å². The SMILES string of the molecule is Cc1ccc(C(=O)C2CC3(CCC2=O)OCCO3)cc1. The number of hydrogen-bond donors (Lipinski definition) is 0. The van der Waals surface area contributed by atoms with Gasteiger partial charge < -0.3 is 9.47 Å². The van der Waals surface area contributed by atoms with E-state index in [1.165, 1.54) is 0 Å². The van der Waals surface area contributed by atoms with Crippen LogP contribution in [0, 0.1) is 12.8 Å². The number of benzene rings is 1. The first kappa shape index (κ1) is 13.5. The third-order valence-electron chi connectivity index (χ3n) is 4.12. The molecule has 1 saturated carbocycles. The molecule has 1 unspecified atom stereocenters. The van der Waals surface area contributed by atoms with Crippen LogP contribution in [0.3, 0.4) is 0 Å². The van der Waals surface area contributed by atoms with Gasteiger partial charge in [0.05, 0.1) is 19.1 Å². The Bertz CT molecular complexity index is 526. The summed E-state index contributed by atoms with van der Waals surface area (Å²) in [5.41, 5.74) is 1.68. The summed E-state index contributed by atoms with van der Waals surface area (Å²) in [5, 5.41) is 0. The molecule has 1 aliphatic carbocycles. The minimum Gasteiger partial charge on any atom is -0.347 e. The number of aryl methyl sites for hydroxylation is 1. The second-order valence-electron chi connectivity index (χ2n) is 5.56. The number of carbonyl (C=O) groups is 2. The highest BCUT2D eigenvalue weighted by atomic mass is 16.7. The van der Waals surface area contributed by atoms with E-state index < -0.39 is 11.7 Å². The molecule has 1 aromatic rings. The van der Waals surface area contributed by atoms with E-state index in [0.717, 1.165) is 5.56 Å². The van der Waals surface area contributed by atoms with Crippen molar-refractivity contribution in [1.82, 2.24) is 0 Å². The van der Waals surface area contributed by atoms with Crippen LogP contribution in [0.1, 0.15) is 35.2 Å². The Morgan fingerprint density at radius 3 is 2.50 bits per heavy atom. The average Bonchev–Trinajstić information content (AvgIpc) is 2.90. The Hall–Kier alpha value is -1.52. The lowest BCUT2D eigenvalue weighted by atomic mass is 9.79. The maximum Gasteiger partial charge on any atom is 0.173 e. The largest absolute Gasteiger partial charge is 0.347 e. The molecule has 20 heavy (non-hydrogen) atoms. The summed E-state index contributed by atoms with van der Waals surface area (Å²) in [6.45, 7) is 3.05. The van der Waals surface area contributed by atoms with E-state index >= 15 is 0 Å². The topological polar surface area (TPSA) is 52.6 Å². The second kappa shape index (κ2) is 5.11. The molecule has 0 radical (unpaired) electrons. The van der Waals surface area contributed by atoms with E-state index in [1.807, 2.05) is 19.1 Å². The van der Waals surface area contributed by atoms with Gasteiger partial charge in [-0.2, -0.15) is 0 Å². The number of hydrogen-bond acceptors (Lipinski definition) is 4. The van der Waals surface area contributed by atoms with Crippen molar-refractivity contribution in [3.05, 3.63) is 35.4 Å². The summed E-state index contributed by atoms with van der Waals surface area (Å²) in [5.74, 6) is -1.46. The number of ketones is 2. The molecule has 1 heterocycles. The highest BCUT2D eigenvalue weighted by Crippen LogP contribution is 2.38. The van der Waals surface area contributed by atoms with E-state index in [9.17, 15) is 9.59 Å². The summed E-state index contributed by atoms with van der Waals surface area (Å²) >= 11 is 0.